The third-order valence-corrected chi connectivity index (χ3v) is 5.55. The normalized spacial score (nSPS) is 14.1. The highest BCUT2D eigenvalue weighted by molar-refractivity contribution is 6.83. The summed E-state index contributed by atoms with van der Waals surface area (Å²) in [5.41, 5.74) is 2.12. The first kappa shape index (κ1) is 14.8. The molecule has 20 heavy (non-hydrogen) atoms. The second-order valence-electron chi connectivity index (χ2n) is 6.07. The van der Waals surface area contributed by atoms with Crippen molar-refractivity contribution in [3.8, 4) is 0 Å². The molecule has 1 unspecified atom stereocenters. The molecule has 2 rings (SSSR count). The minimum absolute atomic E-state index is 0.511. The van der Waals surface area contributed by atoms with E-state index in [0.717, 1.165) is 16.3 Å². The van der Waals surface area contributed by atoms with E-state index in [1.54, 1.807) is 0 Å². The Morgan fingerprint density at radius 2 is 1.40 bits per heavy atom. The van der Waals surface area contributed by atoms with Gasteiger partial charge in [-0.15, -0.1) is 0 Å². The van der Waals surface area contributed by atoms with Crippen LogP contribution in [0.15, 0.2) is 65.9 Å². The Morgan fingerprint density at radius 1 is 0.900 bits per heavy atom. The van der Waals surface area contributed by atoms with Gasteiger partial charge < -0.3 is 5.11 Å². The molecular formula is C18H22OSi. The van der Waals surface area contributed by atoms with Gasteiger partial charge in [0.1, 0.15) is 0 Å². The van der Waals surface area contributed by atoms with Gasteiger partial charge in [-0.1, -0.05) is 86.4 Å². The molecular weight excluding hydrogens is 260 g/mol. The molecule has 0 saturated carbocycles. The van der Waals surface area contributed by atoms with Gasteiger partial charge >= 0.3 is 0 Å². The first-order valence-corrected chi connectivity index (χ1v) is 10.5. The molecule has 1 N–H and O–H groups in total. The SMILES string of the molecule is C[Si](C)(C)/C(=C/c1ccccc1)C(O)c1ccccc1. The number of hydrogen-bond donors (Lipinski definition) is 1. The van der Waals surface area contributed by atoms with Crippen LogP contribution in [0, 0.1) is 0 Å². The van der Waals surface area contributed by atoms with Crippen LogP contribution in [0.4, 0.5) is 0 Å². The number of benzene rings is 2. The molecule has 2 aromatic rings. The van der Waals surface area contributed by atoms with E-state index in [4.69, 9.17) is 0 Å². The molecule has 0 aliphatic carbocycles. The summed E-state index contributed by atoms with van der Waals surface area (Å²) in [6.45, 7) is 6.82. The van der Waals surface area contributed by atoms with Crippen molar-refractivity contribution in [1.82, 2.24) is 0 Å². The second-order valence-corrected chi connectivity index (χ2v) is 11.2. The summed E-state index contributed by atoms with van der Waals surface area (Å²) in [7, 11) is -1.60. The highest BCUT2D eigenvalue weighted by atomic mass is 28.3. The van der Waals surface area contributed by atoms with Crippen molar-refractivity contribution in [1.29, 1.82) is 0 Å². The summed E-state index contributed by atoms with van der Waals surface area (Å²) >= 11 is 0. The minimum Gasteiger partial charge on any atom is -0.384 e. The molecule has 104 valence electrons. The van der Waals surface area contributed by atoms with E-state index in [2.05, 4.69) is 37.8 Å². The van der Waals surface area contributed by atoms with Crippen LogP contribution in [0.2, 0.25) is 19.6 Å². The van der Waals surface area contributed by atoms with Crippen LogP contribution in [-0.4, -0.2) is 13.2 Å². The predicted octanol–water partition coefficient (Wildman–Crippen LogP) is 4.68. The fourth-order valence-electron chi connectivity index (χ4n) is 2.25. The van der Waals surface area contributed by atoms with Crippen molar-refractivity contribution >= 4 is 14.1 Å². The molecule has 2 aromatic carbocycles. The topological polar surface area (TPSA) is 20.2 Å². The number of aliphatic hydroxyl groups is 1. The molecule has 0 bridgehead atoms. The maximum Gasteiger partial charge on any atom is 0.0969 e. The zero-order valence-electron chi connectivity index (χ0n) is 12.4. The molecule has 0 fully saturated rings. The van der Waals surface area contributed by atoms with Gasteiger partial charge in [0.05, 0.1) is 14.2 Å². The van der Waals surface area contributed by atoms with Crippen molar-refractivity contribution in [2.45, 2.75) is 25.7 Å². The van der Waals surface area contributed by atoms with E-state index in [1.165, 1.54) is 0 Å². The zero-order chi connectivity index (χ0) is 14.6. The van der Waals surface area contributed by atoms with Crippen molar-refractivity contribution in [2.24, 2.45) is 0 Å². The molecule has 0 radical (unpaired) electrons. The standard InChI is InChI=1S/C18H22OSi/c1-20(2,3)17(14-15-10-6-4-7-11-15)18(19)16-12-8-5-9-13-16/h4-14,18-19H,1-3H3/b17-14+. The summed E-state index contributed by atoms with van der Waals surface area (Å²) in [5.74, 6) is 0. The quantitative estimate of drug-likeness (QED) is 0.807. The second kappa shape index (κ2) is 6.20. The van der Waals surface area contributed by atoms with E-state index in [0.29, 0.717) is 0 Å². The average molecular weight is 282 g/mol. The van der Waals surface area contributed by atoms with Gasteiger partial charge in [-0.05, 0) is 16.3 Å². The fourth-order valence-corrected chi connectivity index (χ4v) is 3.84. The maximum absolute atomic E-state index is 10.7. The first-order chi connectivity index (χ1) is 9.48. The van der Waals surface area contributed by atoms with Gasteiger partial charge in [0.15, 0.2) is 0 Å². The third-order valence-electron chi connectivity index (χ3n) is 3.40. The van der Waals surface area contributed by atoms with E-state index >= 15 is 0 Å². The summed E-state index contributed by atoms with van der Waals surface area (Å²) in [5, 5.41) is 11.9. The average Bonchev–Trinajstić information content (AvgIpc) is 2.45. The zero-order valence-corrected chi connectivity index (χ0v) is 13.4. The molecule has 0 saturated heterocycles. The van der Waals surface area contributed by atoms with Crippen LogP contribution in [0.1, 0.15) is 17.2 Å². The monoisotopic (exact) mass is 282 g/mol. The lowest BCUT2D eigenvalue weighted by molar-refractivity contribution is 0.223. The molecule has 1 atom stereocenters. The Balaban J connectivity index is 2.42. The lowest BCUT2D eigenvalue weighted by Crippen LogP contribution is -2.28. The first-order valence-electron chi connectivity index (χ1n) is 6.98. The van der Waals surface area contributed by atoms with Crippen molar-refractivity contribution in [3.63, 3.8) is 0 Å². The Morgan fingerprint density at radius 3 is 1.90 bits per heavy atom. The molecule has 0 amide bonds. The molecule has 1 nitrogen and oxygen atoms in total. The molecule has 0 aliphatic heterocycles. The minimum atomic E-state index is -1.60. The molecule has 0 aliphatic rings. The Labute approximate surface area is 122 Å². The van der Waals surface area contributed by atoms with E-state index in [-0.39, 0.29) is 0 Å². The van der Waals surface area contributed by atoms with E-state index in [9.17, 15) is 5.11 Å². The van der Waals surface area contributed by atoms with E-state index < -0.39 is 14.2 Å². The lowest BCUT2D eigenvalue weighted by atomic mass is 10.1. The Hall–Kier alpha value is -1.64. The summed E-state index contributed by atoms with van der Waals surface area (Å²) < 4.78 is 0. The Kier molecular flexibility index (Phi) is 4.58. The molecule has 0 spiro atoms. The maximum atomic E-state index is 10.7. The van der Waals surface area contributed by atoms with Gasteiger partial charge in [-0.25, -0.2) is 0 Å². The van der Waals surface area contributed by atoms with Crippen LogP contribution in [-0.2, 0) is 0 Å². The van der Waals surface area contributed by atoms with Crippen molar-refractivity contribution in [3.05, 3.63) is 77.0 Å². The summed E-state index contributed by atoms with van der Waals surface area (Å²) in [6.07, 6.45) is 1.65. The summed E-state index contributed by atoms with van der Waals surface area (Å²) in [6, 6.07) is 20.1. The van der Waals surface area contributed by atoms with Crippen LogP contribution in [0.3, 0.4) is 0 Å². The largest absolute Gasteiger partial charge is 0.384 e. The van der Waals surface area contributed by atoms with Gasteiger partial charge in [0.2, 0.25) is 0 Å². The molecule has 2 heteroatoms. The fraction of sp³-hybridized carbons (Fsp3) is 0.222. The van der Waals surface area contributed by atoms with Gasteiger partial charge in [0, 0.05) is 0 Å². The van der Waals surface area contributed by atoms with Crippen molar-refractivity contribution < 1.29 is 5.11 Å². The highest BCUT2D eigenvalue weighted by Gasteiger charge is 2.26. The van der Waals surface area contributed by atoms with Gasteiger partial charge in [-0.3, -0.25) is 0 Å². The van der Waals surface area contributed by atoms with Gasteiger partial charge in [-0.2, -0.15) is 0 Å². The van der Waals surface area contributed by atoms with Crippen LogP contribution in [0.25, 0.3) is 6.08 Å². The van der Waals surface area contributed by atoms with Crippen molar-refractivity contribution in [2.75, 3.05) is 0 Å². The lowest BCUT2D eigenvalue weighted by Gasteiger charge is -2.26. The summed E-state index contributed by atoms with van der Waals surface area (Å²) in [4.78, 5) is 0. The third kappa shape index (κ3) is 3.68. The molecule has 0 aromatic heterocycles. The van der Waals surface area contributed by atoms with Crippen LogP contribution in [0.5, 0.6) is 0 Å². The van der Waals surface area contributed by atoms with Crippen LogP contribution < -0.4 is 0 Å². The Bertz CT molecular complexity index is 567. The number of aliphatic hydroxyl groups excluding tert-OH is 1. The predicted molar refractivity (Wildman–Crippen MR) is 89.2 cm³/mol. The number of hydrogen-bond acceptors (Lipinski definition) is 1. The van der Waals surface area contributed by atoms with E-state index in [1.807, 2.05) is 48.5 Å². The smallest absolute Gasteiger partial charge is 0.0969 e. The van der Waals surface area contributed by atoms with Gasteiger partial charge in [0.25, 0.3) is 0 Å². The molecule has 0 heterocycles. The van der Waals surface area contributed by atoms with Crippen LogP contribution >= 0.6 is 0 Å². The highest BCUT2D eigenvalue weighted by Crippen LogP contribution is 2.30. The number of rotatable bonds is 4.